The summed E-state index contributed by atoms with van der Waals surface area (Å²) >= 11 is 0. The van der Waals surface area contributed by atoms with Gasteiger partial charge in [-0.15, -0.1) is 0 Å². The second-order valence-corrected chi connectivity index (χ2v) is 5.20. The molecular formula is C13H26N2. The fourth-order valence-electron chi connectivity index (χ4n) is 3.12. The Hall–Kier alpha value is -0.0800. The van der Waals surface area contributed by atoms with Gasteiger partial charge >= 0.3 is 0 Å². The van der Waals surface area contributed by atoms with Crippen molar-refractivity contribution in [3.05, 3.63) is 0 Å². The van der Waals surface area contributed by atoms with Crippen LogP contribution in [0.4, 0.5) is 0 Å². The first-order chi connectivity index (χ1) is 7.36. The molecule has 2 aliphatic rings. The Bertz CT molecular complexity index is 183. The van der Waals surface area contributed by atoms with Crippen molar-refractivity contribution in [3.63, 3.8) is 0 Å². The third kappa shape index (κ3) is 2.73. The Morgan fingerprint density at radius 1 is 1.27 bits per heavy atom. The van der Waals surface area contributed by atoms with Gasteiger partial charge < -0.3 is 5.32 Å². The van der Waals surface area contributed by atoms with E-state index in [0.717, 1.165) is 18.0 Å². The van der Waals surface area contributed by atoms with Crippen LogP contribution in [-0.2, 0) is 0 Å². The van der Waals surface area contributed by atoms with Crippen molar-refractivity contribution in [1.29, 1.82) is 0 Å². The molecule has 2 heteroatoms. The van der Waals surface area contributed by atoms with Crippen LogP contribution >= 0.6 is 0 Å². The predicted molar refractivity (Wildman–Crippen MR) is 65.1 cm³/mol. The van der Waals surface area contributed by atoms with Crippen molar-refractivity contribution >= 4 is 0 Å². The van der Waals surface area contributed by atoms with E-state index in [2.05, 4.69) is 24.1 Å². The second kappa shape index (κ2) is 5.31. The summed E-state index contributed by atoms with van der Waals surface area (Å²) in [6, 6.07) is 1.71. The molecule has 0 aromatic heterocycles. The summed E-state index contributed by atoms with van der Waals surface area (Å²) < 4.78 is 0. The quantitative estimate of drug-likeness (QED) is 0.723. The third-order valence-corrected chi connectivity index (χ3v) is 4.00. The summed E-state index contributed by atoms with van der Waals surface area (Å²) in [5, 5.41) is 3.51. The number of rotatable bonds is 6. The first-order valence-electron chi connectivity index (χ1n) is 6.83. The average molecular weight is 210 g/mol. The van der Waals surface area contributed by atoms with Crippen LogP contribution in [0, 0.1) is 5.92 Å². The van der Waals surface area contributed by atoms with Gasteiger partial charge in [0.2, 0.25) is 0 Å². The van der Waals surface area contributed by atoms with E-state index < -0.39 is 0 Å². The standard InChI is InChI=1S/C13H26N2/c1-3-9-15(12-7-8-14-10-12)13(4-2)11-5-6-11/h11-14H,3-10H2,1-2H3. The van der Waals surface area contributed by atoms with Crippen LogP contribution in [0.5, 0.6) is 0 Å². The summed E-state index contributed by atoms with van der Waals surface area (Å²) in [4.78, 5) is 2.82. The predicted octanol–water partition coefficient (Wildman–Crippen LogP) is 2.25. The van der Waals surface area contributed by atoms with Crippen LogP contribution < -0.4 is 5.32 Å². The summed E-state index contributed by atoms with van der Waals surface area (Å²) in [5.41, 5.74) is 0. The molecule has 1 aliphatic heterocycles. The molecule has 15 heavy (non-hydrogen) atoms. The van der Waals surface area contributed by atoms with Gasteiger partial charge in [-0.25, -0.2) is 0 Å². The summed E-state index contributed by atoms with van der Waals surface area (Å²) in [6.45, 7) is 8.44. The number of nitrogens with zero attached hydrogens (tertiary/aromatic N) is 1. The highest BCUT2D eigenvalue weighted by molar-refractivity contribution is 4.92. The Kier molecular flexibility index (Phi) is 4.04. The van der Waals surface area contributed by atoms with Crippen LogP contribution in [0.3, 0.4) is 0 Å². The smallest absolute Gasteiger partial charge is 0.0235 e. The monoisotopic (exact) mass is 210 g/mol. The first kappa shape index (κ1) is 11.4. The lowest BCUT2D eigenvalue weighted by molar-refractivity contribution is 0.122. The summed E-state index contributed by atoms with van der Waals surface area (Å²) in [6.07, 6.45) is 6.99. The Balaban J connectivity index is 1.95. The molecule has 2 nitrogen and oxygen atoms in total. The van der Waals surface area contributed by atoms with E-state index in [1.165, 1.54) is 51.7 Å². The van der Waals surface area contributed by atoms with Crippen molar-refractivity contribution in [2.24, 2.45) is 5.92 Å². The highest BCUT2D eigenvalue weighted by Gasteiger charge is 2.37. The van der Waals surface area contributed by atoms with Crippen molar-refractivity contribution in [1.82, 2.24) is 10.2 Å². The molecule has 1 N–H and O–H groups in total. The number of hydrogen-bond acceptors (Lipinski definition) is 2. The molecule has 0 amide bonds. The van der Waals surface area contributed by atoms with Crippen LogP contribution in [-0.4, -0.2) is 36.6 Å². The SMILES string of the molecule is CCCN(C1CCNC1)C(CC)C1CC1. The molecule has 2 unspecified atom stereocenters. The van der Waals surface area contributed by atoms with Crippen LogP contribution in [0.2, 0.25) is 0 Å². The van der Waals surface area contributed by atoms with Crippen LogP contribution in [0.1, 0.15) is 46.0 Å². The molecule has 0 aromatic carbocycles. The van der Waals surface area contributed by atoms with Gasteiger partial charge in [-0.1, -0.05) is 13.8 Å². The van der Waals surface area contributed by atoms with Gasteiger partial charge in [0.1, 0.15) is 0 Å². The van der Waals surface area contributed by atoms with E-state index >= 15 is 0 Å². The second-order valence-electron chi connectivity index (χ2n) is 5.20. The van der Waals surface area contributed by atoms with Gasteiger partial charge in [0.25, 0.3) is 0 Å². The van der Waals surface area contributed by atoms with Crippen molar-refractivity contribution in [2.75, 3.05) is 19.6 Å². The van der Waals surface area contributed by atoms with E-state index in [-0.39, 0.29) is 0 Å². The van der Waals surface area contributed by atoms with Crippen molar-refractivity contribution < 1.29 is 0 Å². The fourth-order valence-corrected chi connectivity index (χ4v) is 3.12. The molecule has 2 rings (SSSR count). The largest absolute Gasteiger partial charge is 0.315 e. The van der Waals surface area contributed by atoms with E-state index in [9.17, 15) is 0 Å². The molecule has 2 fully saturated rings. The highest BCUT2D eigenvalue weighted by atomic mass is 15.2. The zero-order chi connectivity index (χ0) is 10.7. The normalized spacial score (nSPS) is 28.6. The lowest BCUT2D eigenvalue weighted by Crippen LogP contribution is -2.45. The molecule has 2 atom stereocenters. The van der Waals surface area contributed by atoms with Crippen molar-refractivity contribution in [2.45, 2.75) is 58.0 Å². The van der Waals surface area contributed by atoms with Crippen LogP contribution in [0.15, 0.2) is 0 Å². The van der Waals surface area contributed by atoms with Gasteiger partial charge in [-0.2, -0.15) is 0 Å². The van der Waals surface area contributed by atoms with Crippen molar-refractivity contribution in [3.8, 4) is 0 Å². The Labute approximate surface area is 94.4 Å². The average Bonchev–Trinajstić information content (AvgIpc) is 2.94. The summed E-state index contributed by atoms with van der Waals surface area (Å²) in [5.74, 6) is 1.03. The topological polar surface area (TPSA) is 15.3 Å². The zero-order valence-corrected chi connectivity index (χ0v) is 10.3. The third-order valence-electron chi connectivity index (χ3n) is 4.00. The minimum Gasteiger partial charge on any atom is -0.315 e. The Morgan fingerprint density at radius 3 is 2.53 bits per heavy atom. The molecule has 0 spiro atoms. The van der Waals surface area contributed by atoms with E-state index in [1.807, 2.05) is 0 Å². The molecule has 1 aliphatic carbocycles. The maximum atomic E-state index is 3.51. The molecule has 1 heterocycles. The molecule has 1 saturated heterocycles. The fraction of sp³-hybridized carbons (Fsp3) is 1.00. The molecule has 0 aromatic rings. The van der Waals surface area contributed by atoms with E-state index in [0.29, 0.717) is 0 Å². The number of nitrogens with one attached hydrogen (secondary N) is 1. The zero-order valence-electron chi connectivity index (χ0n) is 10.3. The minimum absolute atomic E-state index is 0.829. The van der Waals surface area contributed by atoms with E-state index in [1.54, 1.807) is 0 Å². The maximum absolute atomic E-state index is 3.51. The molecule has 88 valence electrons. The molecular weight excluding hydrogens is 184 g/mol. The summed E-state index contributed by atoms with van der Waals surface area (Å²) in [7, 11) is 0. The lowest BCUT2D eigenvalue weighted by atomic mass is 10.0. The maximum Gasteiger partial charge on any atom is 0.0235 e. The first-order valence-corrected chi connectivity index (χ1v) is 6.83. The van der Waals surface area contributed by atoms with Gasteiger partial charge in [-0.3, -0.25) is 4.90 Å². The number of hydrogen-bond donors (Lipinski definition) is 1. The van der Waals surface area contributed by atoms with Gasteiger partial charge in [0.15, 0.2) is 0 Å². The van der Waals surface area contributed by atoms with Gasteiger partial charge in [0.05, 0.1) is 0 Å². The molecule has 1 saturated carbocycles. The molecule has 0 radical (unpaired) electrons. The van der Waals surface area contributed by atoms with E-state index in [4.69, 9.17) is 0 Å². The highest BCUT2D eigenvalue weighted by Crippen LogP contribution is 2.38. The van der Waals surface area contributed by atoms with Crippen LogP contribution in [0.25, 0.3) is 0 Å². The lowest BCUT2D eigenvalue weighted by Gasteiger charge is -2.35. The molecule has 0 bridgehead atoms. The minimum atomic E-state index is 0.829. The van der Waals surface area contributed by atoms with Gasteiger partial charge in [-0.05, 0) is 51.1 Å². The van der Waals surface area contributed by atoms with Gasteiger partial charge in [0, 0.05) is 18.6 Å². The Morgan fingerprint density at radius 2 is 2.07 bits per heavy atom.